The molecule has 6 rings (SSSR count). The average molecular weight is 618 g/mol. The van der Waals surface area contributed by atoms with E-state index in [0.717, 1.165) is 93.4 Å². The fourth-order valence-electron chi connectivity index (χ4n) is 5.72. The molecule has 0 saturated heterocycles. The summed E-state index contributed by atoms with van der Waals surface area (Å²) in [5.74, 6) is 0.856. The summed E-state index contributed by atoms with van der Waals surface area (Å²) in [6, 6.07) is 29.2. The Kier molecular flexibility index (Phi) is 9.34. The second-order valence-corrected chi connectivity index (χ2v) is 10.2. The van der Waals surface area contributed by atoms with Crippen molar-refractivity contribution in [1.82, 2.24) is 19.5 Å². The number of pyridine rings is 3. The third kappa shape index (κ3) is 5.96. The van der Waals surface area contributed by atoms with E-state index in [1.165, 1.54) is 0 Å². The van der Waals surface area contributed by atoms with Crippen molar-refractivity contribution in [1.29, 1.82) is 0 Å². The van der Waals surface area contributed by atoms with Gasteiger partial charge < -0.3 is 9.32 Å². The van der Waals surface area contributed by atoms with Crippen LogP contribution in [-0.4, -0.2) is 41.1 Å². The van der Waals surface area contributed by atoms with Gasteiger partial charge >= 0.3 is 17.1 Å². The maximum absolute atomic E-state index is 6.70. The topological polar surface area (TPSA) is 58.1 Å². The van der Waals surface area contributed by atoms with Gasteiger partial charge in [-0.3, -0.25) is 9.97 Å². The van der Waals surface area contributed by atoms with Crippen LogP contribution in [0, 0.1) is 0 Å². The molecule has 0 atom stereocenters. The van der Waals surface area contributed by atoms with Crippen LogP contribution in [0.5, 0.6) is 0 Å². The average Bonchev–Trinajstić information content (AvgIpc) is 3.05. The quantitative estimate of drug-likeness (QED) is 0.101. The van der Waals surface area contributed by atoms with Crippen LogP contribution >= 0.6 is 0 Å². The van der Waals surface area contributed by atoms with E-state index >= 15 is 0 Å². The maximum Gasteiger partial charge on any atom is 2.00 e. The molecule has 7 heteroatoms. The Labute approximate surface area is 263 Å². The van der Waals surface area contributed by atoms with Gasteiger partial charge in [0.15, 0.2) is 0 Å². The van der Waals surface area contributed by atoms with Crippen LogP contribution in [0.2, 0.25) is 0 Å². The third-order valence-corrected chi connectivity index (χ3v) is 7.91. The first kappa shape index (κ1) is 30.1. The number of aromatic nitrogens is 3. The van der Waals surface area contributed by atoms with Crippen LogP contribution in [0.3, 0.4) is 0 Å². The number of rotatable bonds is 8. The molecule has 2 aliphatic rings. The van der Waals surface area contributed by atoms with Crippen molar-refractivity contribution in [2.24, 2.45) is 0 Å². The summed E-state index contributed by atoms with van der Waals surface area (Å²) in [4.78, 5) is 16.6. The van der Waals surface area contributed by atoms with Crippen molar-refractivity contribution in [3.05, 3.63) is 103 Å². The largest absolute Gasteiger partial charge is 2.00 e. The summed E-state index contributed by atoms with van der Waals surface area (Å²) in [7, 11) is 0. The molecule has 1 radical (unpaired) electrons. The molecule has 219 valence electrons. The van der Waals surface area contributed by atoms with Gasteiger partial charge in [0.05, 0.1) is 28.8 Å². The van der Waals surface area contributed by atoms with Gasteiger partial charge in [0, 0.05) is 59.8 Å². The number of benzene rings is 2. The Balaban J connectivity index is 0.00000368. The van der Waals surface area contributed by atoms with Crippen LogP contribution in [0.4, 0.5) is 5.69 Å². The number of anilines is 1. The van der Waals surface area contributed by atoms with Gasteiger partial charge in [-0.1, -0.05) is 12.1 Å². The number of fused-ring (bicyclic) bond motifs is 2. The van der Waals surface area contributed by atoms with E-state index in [9.17, 15) is 0 Å². The Morgan fingerprint density at radius 3 is 1.91 bits per heavy atom. The van der Waals surface area contributed by atoms with Crippen LogP contribution in [0.15, 0.2) is 102 Å². The second-order valence-electron chi connectivity index (χ2n) is 10.2. The summed E-state index contributed by atoms with van der Waals surface area (Å²) in [5, 5.41) is 2.21. The van der Waals surface area contributed by atoms with E-state index in [1.807, 2.05) is 36.4 Å². The first-order valence-electron chi connectivity index (χ1n) is 14.8. The van der Waals surface area contributed by atoms with E-state index in [4.69, 9.17) is 9.40 Å². The van der Waals surface area contributed by atoms with Crippen molar-refractivity contribution in [3.63, 3.8) is 0 Å². The van der Waals surface area contributed by atoms with Crippen LogP contribution < -0.4 is 14.8 Å². The first-order valence-corrected chi connectivity index (χ1v) is 14.8. The van der Waals surface area contributed by atoms with Crippen molar-refractivity contribution in [2.45, 2.75) is 27.7 Å². The molecule has 1 aromatic carbocycles. The standard InChI is InChI=1S/C36H36N5O.Cu/c1-5-40(6-2)26-15-17-28-34(23-26)42-35-24-27(41(7-3)8-4)16-18-29(35)36(28)25-21-32(30-13-9-11-19-37-30)39-33(22-25)31-14-10-12-20-38-31;/h9-24H,5-8H2,1-4H3;/q+1;+2. The van der Waals surface area contributed by atoms with E-state index < -0.39 is 0 Å². The minimum atomic E-state index is 0. The normalized spacial score (nSPS) is 11.0. The minimum absolute atomic E-state index is 0. The van der Waals surface area contributed by atoms with Crippen molar-refractivity contribution < 1.29 is 21.5 Å². The van der Waals surface area contributed by atoms with Gasteiger partial charge in [-0.15, -0.1) is 0 Å². The summed E-state index contributed by atoms with van der Waals surface area (Å²) in [6.07, 6.45) is 3.61. The molecule has 1 aliphatic carbocycles. The Bertz CT molecular complexity index is 1820. The Morgan fingerprint density at radius 1 is 0.698 bits per heavy atom. The zero-order valence-electron chi connectivity index (χ0n) is 25.0. The molecule has 3 aromatic heterocycles. The molecule has 4 aromatic rings. The monoisotopic (exact) mass is 617 g/mol. The summed E-state index contributed by atoms with van der Waals surface area (Å²) >= 11 is 0. The van der Waals surface area contributed by atoms with E-state index in [0.29, 0.717) is 0 Å². The molecule has 0 N–H and O–H groups in total. The molecule has 6 nitrogen and oxygen atoms in total. The van der Waals surface area contributed by atoms with Crippen molar-refractivity contribution in [3.8, 4) is 45.2 Å². The zero-order valence-corrected chi connectivity index (χ0v) is 26.0. The van der Waals surface area contributed by atoms with Crippen LogP contribution in [0.1, 0.15) is 27.7 Å². The summed E-state index contributed by atoms with van der Waals surface area (Å²) in [6.45, 7) is 12.5. The van der Waals surface area contributed by atoms with Gasteiger partial charge in [-0.2, -0.15) is 0 Å². The van der Waals surface area contributed by atoms with Gasteiger partial charge in [0.2, 0.25) is 5.36 Å². The predicted molar refractivity (Wildman–Crippen MR) is 172 cm³/mol. The maximum atomic E-state index is 6.70. The van der Waals surface area contributed by atoms with Crippen molar-refractivity contribution >= 4 is 16.7 Å². The molecular weight excluding hydrogens is 582 g/mol. The number of hydrogen-bond donors (Lipinski definition) is 0. The van der Waals surface area contributed by atoms with E-state index in [2.05, 4.69) is 95.7 Å². The Morgan fingerprint density at radius 2 is 1.35 bits per heavy atom. The van der Waals surface area contributed by atoms with E-state index in [1.54, 1.807) is 12.4 Å². The molecule has 0 fully saturated rings. The molecule has 0 bridgehead atoms. The molecule has 0 unspecified atom stereocenters. The molecule has 1 aliphatic heterocycles. The summed E-state index contributed by atoms with van der Waals surface area (Å²) in [5.41, 5.74) is 8.46. The van der Waals surface area contributed by atoms with Crippen LogP contribution in [-0.2, 0) is 17.1 Å². The molecule has 4 heterocycles. The van der Waals surface area contributed by atoms with Gasteiger partial charge in [-0.25, -0.2) is 9.56 Å². The smallest absolute Gasteiger partial charge is 0.456 e. The molecule has 0 amide bonds. The zero-order chi connectivity index (χ0) is 29.1. The van der Waals surface area contributed by atoms with Crippen LogP contribution in [0.25, 0.3) is 56.2 Å². The fourth-order valence-corrected chi connectivity index (χ4v) is 5.72. The molecule has 43 heavy (non-hydrogen) atoms. The Hall–Kier alpha value is -4.32. The van der Waals surface area contributed by atoms with Gasteiger partial charge in [0.25, 0.3) is 0 Å². The minimum Gasteiger partial charge on any atom is -0.456 e. The third-order valence-electron chi connectivity index (χ3n) is 7.91. The number of nitrogens with zero attached hydrogens (tertiary/aromatic N) is 5. The number of hydrogen-bond acceptors (Lipinski definition) is 5. The van der Waals surface area contributed by atoms with Crippen molar-refractivity contribution in [2.75, 3.05) is 31.1 Å². The second kappa shape index (κ2) is 13.3. The van der Waals surface area contributed by atoms with Gasteiger partial charge in [-0.05, 0) is 87.9 Å². The van der Waals surface area contributed by atoms with E-state index in [-0.39, 0.29) is 17.1 Å². The predicted octanol–water partition coefficient (Wildman–Crippen LogP) is 7.38. The molecule has 0 spiro atoms. The SMILES string of the molecule is CCN(CC)c1ccc2c(-c3cc(-c4ccccn4)nc(-c4ccccn4)c3)c3ccc(=[N+](CC)CC)cc-3oc2c1.[Cu+2]. The molecule has 0 saturated carbocycles. The summed E-state index contributed by atoms with van der Waals surface area (Å²) < 4.78 is 9.05. The fraction of sp³-hybridized carbons (Fsp3) is 0.222. The molecular formula is C36H36CuN5O+3. The van der Waals surface area contributed by atoms with Gasteiger partial charge in [0.1, 0.15) is 24.4 Å². The first-order chi connectivity index (χ1) is 20.6.